The Morgan fingerprint density at radius 2 is 1.60 bits per heavy atom. The van der Waals surface area contributed by atoms with Crippen molar-refractivity contribution in [3.05, 3.63) is 58.1 Å². The summed E-state index contributed by atoms with van der Waals surface area (Å²) in [5, 5.41) is 14.3. The predicted molar refractivity (Wildman–Crippen MR) is 182 cm³/mol. The first kappa shape index (κ1) is 38.5. The number of piperidine rings is 1. The molecule has 0 bridgehead atoms. The van der Waals surface area contributed by atoms with Crippen molar-refractivity contribution in [1.29, 1.82) is 0 Å². The molecule has 1 aliphatic heterocycles. The molecule has 0 unspecified atom stereocenters. The van der Waals surface area contributed by atoms with E-state index in [0.717, 1.165) is 30.4 Å². The molecule has 1 saturated heterocycles. The average Bonchev–Trinajstić information content (AvgIpc) is 3.04. The fraction of sp³-hybridized carbons (Fsp3) is 0.543. The van der Waals surface area contributed by atoms with Crippen LogP contribution in [-0.2, 0) is 35.6 Å². The lowest BCUT2D eigenvalue weighted by Crippen LogP contribution is -2.56. The van der Waals surface area contributed by atoms with E-state index in [1.54, 1.807) is 31.7 Å². The van der Waals surface area contributed by atoms with E-state index < -0.39 is 46.3 Å². The van der Waals surface area contributed by atoms with Crippen LogP contribution in [0.4, 0.5) is 0 Å². The molecule has 2 atom stereocenters. The first-order chi connectivity index (χ1) is 22.6. The summed E-state index contributed by atoms with van der Waals surface area (Å²) in [6.45, 7) is 10.3. The summed E-state index contributed by atoms with van der Waals surface area (Å²) in [5.74, 6) is -1.93. The van der Waals surface area contributed by atoms with Crippen molar-refractivity contribution in [2.24, 2.45) is 0 Å². The highest BCUT2D eigenvalue weighted by molar-refractivity contribution is 7.89. The number of sulfonamides is 1. The molecule has 13 heteroatoms. The van der Waals surface area contributed by atoms with Crippen LogP contribution in [0, 0.1) is 20.8 Å². The highest BCUT2D eigenvalue weighted by atomic mass is 32.2. The van der Waals surface area contributed by atoms with Gasteiger partial charge in [-0.2, -0.15) is 4.72 Å². The van der Waals surface area contributed by atoms with Crippen LogP contribution in [0.5, 0.6) is 5.75 Å². The van der Waals surface area contributed by atoms with Crippen molar-refractivity contribution < 1.29 is 37.4 Å². The Balaban J connectivity index is 1.94. The highest BCUT2D eigenvalue weighted by Crippen LogP contribution is 2.30. The van der Waals surface area contributed by atoms with E-state index in [0.29, 0.717) is 41.4 Å². The van der Waals surface area contributed by atoms with Gasteiger partial charge in [-0.15, -0.1) is 0 Å². The first-order valence-corrected chi connectivity index (χ1v) is 18.0. The molecule has 0 spiro atoms. The zero-order chi connectivity index (χ0) is 35.6. The van der Waals surface area contributed by atoms with Gasteiger partial charge in [0.1, 0.15) is 17.8 Å². The predicted octanol–water partition coefficient (Wildman–Crippen LogP) is 3.50. The molecule has 12 nitrogen and oxygen atoms in total. The molecule has 1 heterocycles. The molecule has 1 fully saturated rings. The van der Waals surface area contributed by atoms with E-state index in [2.05, 4.69) is 29.2 Å². The third kappa shape index (κ3) is 10.5. The molecule has 0 aromatic heterocycles. The molecule has 3 amide bonds. The number of carboxylic acid groups (broad SMARTS) is 1. The molecule has 48 heavy (non-hydrogen) atoms. The molecule has 0 aliphatic carbocycles. The number of ether oxygens (including phenoxy) is 1. The van der Waals surface area contributed by atoms with E-state index in [4.69, 9.17) is 9.84 Å². The normalized spacial score (nSPS) is 14.7. The maximum Gasteiger partial charge on any atom is 0.303 e. The first-order valence-electron chi connectivity index (χ1n) is 16.5. The van der Waals surface area contributed by atoms with Crippen molar-refractivity contribution in [1.82, 2.24) is 20.3 Å². The minimum Gasteiger partial charge on any atom is -0.496 e. The van der Waals surface area contributed by atoms with Gasteiger partial charge in [-0.05, 0) is 86.3 Å². The number of amides is 3. The van der Waals surface area contributed by atoms with E-state index in [-0.39, 0.29) is 36.6 Å². The SMILES string of the molecule is COc1cc(C)c(S(=O)(=O)N[C@@H](CC(=O)NCCCC(=O)O)C(=O)N[C@H](Cc2ccc(C(C)C)cc2)C(=O)N2CCCCC2)c(C)c1C. The van der Waals surface area contributed by atoms with Crippen LogP contribution in [0.2, 0.25) is 0 Å². The molecule has 2 aromatic rings. The van der Waals surface area contributed by atoms with Gasteiger partial charge >= 0.3 is 5.97 Å². The Hall–Kier alpha value is -3.97. The maximum absolute atomic E-state index is 14.0. The standard InChI is InChI=1S/C35H50N4O8S/c1-22(2)27-14-12-26(13-15-27)20-29(35(44)39-17-8-7-9-18-39)37-34(43)28(21-31(40)36-16-10-11-32(41)42)38-48(45,46)33-23(3)19-30(47-6)24(4)25(33)5/h12-15,19,22,28-29,38H,7-11,16-18,20-21H2,1-6H3,(H,36,40)(H,37,43)(H,41,42)/t28-,29+/m0/s1. The van der Waals surface area contributed by atoms with Crippen molar-refractivity contribution in [2.45, 2.75) is 102 Å². The van der Waals surface area contributed by atoms with Gasteiger partial charge in [-0.25, -0.2) is 8.42 Å². The van der Waals surface area contributed by atoms with E-state index in [1.165, 1.54) is 7.11 Å². The zero-order valence-corrected chi connectivity index (χ0v) is 29.7. The second-order valence-corrected chi connectivity index (χ2v) is 14.4. The van der Waals surface area contributed by atoms with Crippen LogP contribution in [0.15, 0.2) is 35.2 Å². The van der Waals surface area contributed by atoms with Crippen LogP contribution in [0.1, 0.15) is 86.1 Å². The smallest absolute Gasteiger partial charge is 0.303 e. The zero-order valence-electron chi connectivity index (χ0n) is 28.9. The van der Waals surface area contributed by atoms with Crippen molar-refractivity contribution in [3.8, 4) is 5.75 Å². The number of aliphatic carboxylic acids is 1. The fourth-order valence-corrected chi connectivity index (χ4v) is 7.61. The van der Waals surface area contributed by atoms with E-state index in [1.807, 2.05) is 24.3 Å². The Morgan fingerprint density at radius 3 is 2.19 bits per heavy atom. The molecular weight excluding hydrogens is 636 g/mol. The van der Waals surface area contributed by atoms with Gasteiger partial charge in [0.25, 0.3) is 0 Å². The highest BCUT2D eigenvalue weighted by Gasteiger charge is 2.34. The van der Waals surface area contributed by atoms with E-state index in [9.17, 15) is 27.6 Å². The van der Waals surface area contributed by atoms with Gasteiger partial charge in [0.05, 0.1) is 18.4 Å². The molecule has 3 rings (SSSR count). The monoisotopic (exact) mass is 686 g/mol. The number of nitrogens with zero attached hydrogens (tertiary/aromatic N) is 1. The Kier molecular flexibility index (Phi) is 14.0. The molecule has 4 N–H and O–H groups in total. The van der Waals surface area contributed by atoms with Gasteiger partial charge < -0.3 is 25.4 Å². The lowest BCUT2D eigenvalue weighted by molar-refractivity contribution is -0.138. The second-order valence-electron chi connectivity index (χ2n) is 12.7. The summed E-state index contributed by atoms with van der Waals surface area (Å²) < 4.78 is 35.6. The minimum absolute atomic E-state index is 0.0323. The van der Waals surface area contributed by atoms with Crippen molar-refractivity contribution in [3.63, 3.8) is 0 Å². The molecular formula is C35H50N4O8S. The van der Waals surface area contributed by atoms with E-state index >= 15 is 0 Å². The van der Waals surface area contributed by atoms with Crippen molar-refractivity contribution in [2.75, 3.05) is 26.7 Å². The molecule has 1 aliphatic rings. The number of aryl methyl sites for hydroxylation is 1. The lowest BCUT2D eigenvalue weighted by atomic mass is 9.98. The average molecular weight is 687 g/mol. The van der Waals surface area contributed by atoms with Crippen LogP contribution in [0.25, 0.3) is 0 Å². The van der Waals surface area contributed by atoms with Crippen LogP contribution >= 0.6 is 0 Å². The Bertz CT molecular complexity index is 1570. The van der Waals surface area contributed by atoms with Gasteiger partial charge in [0.2, 0.25) is 27.7 Å². The number of methoxy groups -OCH3 is 1. The van der Waals surface area contributed by atoms with Gasteiger partial charge in [-0.3, -0.25) is 19.2 Å². The number of benzene rings is 2. The van der Waals surface area contributed by atoms with Crippen LogP contribution in [0.3, 0.4) is 0 Å². The van der Waals surface area contributed by atoms with Crippen molar-refractivity contribution >= 4 is 33.7 Å². The topological polar surface area (TPSA) is 171 Å². The third-order valence-corrected chi connectivity index (χ3v) is 10.5. The summed E-state index contributed by atoms with van der Waals surface area (Å²) in [4.78, 5) is 53.4. The third-order valence-electron chi connectivity index (χ3n) is 8.73. The molecule has 0 saturated carbocycles. The molecule has 2 aromatic carbocycles. The summed E-state index contributed by atoms with van der Waals surface area (Å²) in [6.07, 6.45) is 2.31. The largest absolute Gasteiger partial charge is 0.496 e. The summed E-state index contributed by atoms with van der Waals surface area (Å²) in [7, 11) is -2.87. The van der Waals surface area contributed by atoms with Gasteiger partial charge in [0, 0.05) is 32.5 Å². The number of likely N-dealkylation sites (tertiary alicyclic amines) is 1. The summed E-state index contributed by atoms with van der Waals surface area (Å²) in [6, 6.07) is 6.82. The second kappa shape index (κ2) is 17.4. The number of carboxylic acids is 1. The molecule has 264 valence electrons. The number of carbonyl (C=O) groups excluding carboxylic acids is 3. The number of hydrogen-bond acceptors (Lipinski definition) is 7. The van der Waals surface area contributed by atoms with Gasteiger partial charge in [-0.1, -0.05) is 38.1 Å². The number of carbonyl (C=O) groups is 4. The lowest BCUT2D eigenvalue weighted by Gasteiger charge is -2.31. The van der Waals surface area contributed by atoms with Crippen LogP contribution in [-0.4, -0.2) is 80.9 Å². The molecule has 0 radical (unpaired) electrons. The number of rotatable bonds is 16. The summed E-state index contributed by atoms with van der Waals surface area (Å²) >= 11 is 0. The van der Waals surface area contributed by atoms with Crippen LogP contribution < -0.4 is 20.1 Å². The summed E-state index contributed by atoms with van der Waals surface area (Å²) in [5.41, 5.74) is 3.38. The quantitative estimate of drug-likeness (QED) is 0.195. The Morgan fingerprint density at radius 1 is 0.958 bits per heavy atom. The fourth-order valence-electron chi connectivity index (χ4n) is 5.89. The minimum atomic E-state index is -4.36. The maximum atomic E-state index is 14.0. The van der Waals surface area contributed by atoms with Gasteiger partial charge in [0.15, 0.2) is 0 Å². The number of hydrogen-bond donors (Lipinski definition) is 4. The Labute approximate surface area is 284 Å². The number of nitrogens with one attached hydrogen (secondary N) is 3.